The zero-order chi connectivity index (χ0) is 21.4. The van der Waals surface area contributed by atoms with E-state index >= 15 is 0 Å². The summed E-state index contributed by atoms with van der Waals surface area (Å²) < 4.78 is 0. The highest BCUT2D eigenvalue weighted by molar-refractivity contribution is 5.98. The topological polar surface area (TPSA) is 125 Å². The molecule has 0 radical (unpaired) electrons. The van der Waals surface area contributed by atoms with Crippen molar-refractivity contribution >= 4 is 44.6 Å². The highest BCUT2D eigenvalue weighted by Crippen LogP contribution is 2.26. The molecule has 0 bridgehead atoms. The lowest BCUT2D eigenvalue weighted by molar-refractivity contribution is 0.692. The van der Waals surface area contributed by atoms with E-state index in [0.717, 1.165) is 23.1 Å². The summed E-state index contributed by atoms with van der Waals surface area (Å²) in [7, 11) is 1.80. The van der Waals surface area contributed by atoms with Crippen molar-refractivity contribution in [1.82, 2.24) is 25.3 Å². The molecular weight excluding hydrogens is 390 g/mol. The van der Waals surface area contributed by atoms with Gasteiger partial charge < -0.3 is 21.4 Å². The molecule has 0 saturated carbocycles. The van der Waals surface area contributed by atoms with Gasteiger partial charge in [-0.15, -0.1) is 0 Å². The summed E-state index contributed by atoms with van der Waals surface area (Å²) in [6.45, 7) is 1.45. The molecule has 0 fully saturated rings. The van der Waals surface area contributed by atoms with E-state index in [1.54, 1.807) is 13.1 Å². The SMILES string of the molecule is CNc1nc2c(CCNCc3cccc4ccccc34)c3nc(N)[nH]c(=O)c3cc2[nH]1. The molecule has 0 amide bonds. The molecule has 0 spiro atoms. The number of nitrogen functional groups attached to an aromatic ring is 1. The van der Waals surface area contributed by atoms with Crippen molar-refractivity contribution in [1.29, 1.82) is 0 Å². The average Bonchev–Trinajstić information content (AvgIpc) is 3.20. The fraction of sp³-hybridized carbons (Fsp3) is 0.174. The first-order chi connectivity index (χ1) is 15.1. The predicted molar refractivity (Wildman–Crippen MR) is 125 cm³/mol. The minimum Gasteiger partial charge on any atom is -0.369 e. The van der Waals surface area contributed by atoms with Gasteiger partial charge in [-0.1, -0.05) is 42.5 Å². The Morgan fingerprint density at radius 1 is 1.00 bits per heavy atom. The quantitative estimate of drug-likeness (QED) is 0.273. The third-order valence-corrected chi connectivity index (χ3v) is 5.55. The van der Waals surface area contributed by atoms with E-state index in [2.05, 4.69) is 73.0 Å². The molecule has 2 heterocycles. The van der Waals surface area contributed by atoms with Gasteiger partial charge in [0.1, 0.15) is 0 Å². The van der Waals surface area contributed by atoms with Gasteiger partial charge in [-0.3, -0.25) is 9.78 Å². The van der Waals surface area contributed by atoms with E-state index in [4.69, 9.17) is 5.73 Å². The van der Waals surface area contributed by atoms with E-state index in [9.17, 15) is 4.79 Å². The third-order valence-electron chi connectivity index (χ3n) is 5.55. The van der Waals surface area contributed by atoms with Crippen molar-refractivity contribution in [2.45, 2.75) is 13.0 Å². The number of anilines is 2. The fourth-order valence-corrected chi connectivity index (χ4v) is 4.08. The van der Waals surface area contributed by atoms with Gasteiger partial charge in [0.2, 0.25) is 11.9 Å². The molecule has 0 aliphatic carbocycles. The van der Waals surface area contributed by atoms with Crippen molar-refractivity contribution in [3.8, 4) is 0 Å². The summed E-state index contributed by atoms with van der Waals surface area (Å²) in [5.74, 6) is 0.742. The van der Waals surface area contributed by atoms with E-state index in [0.29, 0.717) is 29.8 Å². The zero-order valence-electron chi connectivity index (χ0n) is 17.1. The summed E-state index contributed by atoms with van der Waals surface area (Å²) in [5.41, 5.74) is 9.89. The maximum absolute atomic E-state index is 12.5. The minimum atomic E-state index is -0.255. The van der Waals surface area contributed by atoms with Crippen LogP contribution in [0.25, 0.3) is 32.7 Å². The maximum Gasteiger partial charge on any atom is 0.260 e. The molecule has 5 aromatic rings. The third kappa shape index (κ3) is 3.47. The van der Waals surface area contributed by atoms with Crippen molar-refractivity contribution in [3.05, 3.63) is 70.0 Å². The van der Waals surface area contributed by atoms with Crippen LogP contribution in [0.4, 0.5) is 11.9 Å². The van der Waals surface area contributed by atoms with Gasteiger partial charge >= 0.3 is 0 Å². The Morgan fingerprint density at radius 2 is 1.84 bits per heavy atom. The average molecular weight is 413 g/mol. The zero-order valence-corrected chi connectivity index (χ0v) is 17.1. The number of benzene rings is 3. The summed E-state index contributed by atoms with van der Waals surface area (Å²) in [6, 6.07) is 16.5. The first-order valence-corrected chi connectivity index (χ1v) is 10.2. The molecule has 3 aromatic carbocycles. The van der Waals surface area contributed by atoms with Crippen LogP contribution < -0.4 is 21.9 Å². The molecule has 2 aromatic heterocycles. The molecule has 0 unspecified atom stereocenters. The number of hydrogen-bond donors (Lipinski definition) is 5. The van der Waals surface area contributed by atoms with Crippen LogP contribution in [-0.2, 0) is 13.0 Å². The summed E-state index contributed by atoms with van der Waals surface area (Å²) >= 11 is 0. The Bertz CT molecular complexity index is 1460. The molecule has 0 atom stereocenters. The number of hydrogen-bond acceptors (Lipinski definition) is 6. The number of aromatic nitrogens is 4. The molecule has 0 saturated heterocycles. The van der Waals surface area contributed by atoms with Gasteiger partial charge in [0, 0.05) is 19.2 Å². The van der Waals surface area contributed by atoms with Gasteiger partial charge in [-0.05, 0) is 35.4 Å². The van der Waals surface area contributed by atoms with Crippen LogP contribution in [0, 0.1) is 0 Å². The smallest absolute Gasteiger partial charge is 0.260 e. The molecule has 156 valence electrons. The fourth-order valence-electron chi connectivity index (χ4n) is 4.08. The molecule has 6 N–H and O–H groups in total. The number of H-pyrrole nitrogens is 2. The molecular formula is C23H23N7O. The lowest BCUT2D eigenvalue weighted by Crippen LogP contribution is -2.18. The van der Waals surface area contributed by atoms with Crippen LogP contribution in [0.1, 0.15) is 11.1 Å². The van der Waals surface area contributed by atoms with Crippen LogP contribution in [0.5, 0.6) is 0 Å². The minimum absolute atomic E-state index is 0.103. The van der Waals surface area contributed by atoms with Gasteiger partial charge in [0.15, 0.2) is 0 Å². The number of nitrogens with one attached hydrogen (secondary N) is 4. The second-order valence-electron chi connectivity index (χ2n) is 7.50. The highest BCUT2D eigenvalue weighted by Gasteiger charge is 2.15. The highest BCUT2D eigenvalue weighted by atomic mass is 16.1. The first kappa shape index (κ1) is 19.1. The first-order valence-electron chi connectivity index (χ1n) is 10.2. The van der Waals surface area contributed by atoms with Crippen molar-refractivity contribution in [2.24, 2.45) is 0 Å². The molecule has 0 aliphatic rings. The van der Waals surface area contributed by atoms with Crippen molar-refractivity contribution in [2.75, 3.05) is 24.6 Å². The molecule has 31 heavy (non-hydrogen) atoms. The summed E-state index contributed by atoms with van der Waals surface area (Å²) in [5, 5.41) is 9.51. The number of rotatable bonds is 6. The lowest BCUT2D eigenvalue weighted by Gasteiger charge is -2.10. The normalized spacial score (nSPS) is 11.5. The van der Waals surface area contributed by atoms with Crippen molar-refractivity contribution < 1.29 is 0 Å². The van der Waals surface area contributed by atoms with E-state index in [1.807, 2.05) is 0 Å². The molecule has 0 aliphatic heterocycles. The Morgan fingerprint density at radius 3 is 2.71 bits per heavy atom. The second-order valence-corrected chi connectivity index (χ2v) is 7.50. The standard InChI is InChI=1S/C23H23N7O/c1-25-23-27-18-11-17-19(28-22(24)30-21(17)31)16(20(18)29-23)9-10-26-12-14-7-4-6-13-5-2-3-8-15(13)14/h2-8,11,26H,9-10,12H2,1H3,(H2,25,27,29)(H3,24,28,30,31). The number of nitrogens with two attached hydrogens (primary N) is 1. The van der Waals surface area contributed by atoms with Crippen LogP contribution >= 0.6 is 0 Å². The van der Waals surface area contributed by atoms with Crippen LogP contribution in [-0.4, -0.2) is 33.5 Å². The van der Waals surface area contributed by atoms with Crippen molar-refractivity contribution in [3.63, 3.8) is 0 Å². The Balaban J connectivity index is 1.46. The number of imidazole rings is 1. The van der Waals surface area contributed by atoms with E-state index in [-0.39, 0.29) is 11.5 Å². The summed E-state index contributed by atoms with van der Waals surface area (Å²) in [6.07, 6.45) is 0.655. The van der Waals surface area contributed by atoms with Crippen LogP contribution in [0.2, 0.25) is 0 Å². The van der Waals surface area contributed by atoms with Crippen LogP contribution in [0.3, 0.4) is 0 Å². The van der Waals surface area contributed by atoms with E-state index in [1.165, 1.54) is 16.3 Å². The number of fused-ring (bicyclic) bond motifs is 3. The molecule has 5 rings (SSSR count). The van der Waals surface area contributed by atoms with Gasteiger partial charge in [0.05, 0.1) is 21.9 Å². The maximum atomic E-state index is 12.5. The largest absolute Gasteiger partial charge is 0.369 e. The molecule has 8 heteroatoms. The van der Waals surface area contributed by atoms with Gasteiger partial charge in [0.25, 0.3) is 5.56 Å². The van der Waals surface area contributed by atoms with E-state index < -0.39 is 0 Å². The lowest BCUT2D eigenvalue weighted by atomic mass is 10.0. The Labute approximate surface area is 177 Å². The van der Waals surface area contributed by atoms with Gasteiger partial charge in [-0.25, -0.2) is 9.97 Å². The number of aromatic amines is 2. The number of nitrogens with zero attached hydrogens (tertiary/aromatic N) is 2. The Kier molecular flexibility index (Phi) is 4.76. The van der Waals surface area contributed by atoms with Gasteiger partial charge in [-0.2, -0.15) is 0 Å². The second kappa shape index (κ2) is 7.73. The Hall–Kier alpha value is -3.91. The van der Waals surface area contributed by atoms with Crippen LogP contribution in [0.15, 0.2) is 53.3 Å². The predicted octanol–water partition coefficient (Wildman–Crippen LogP) is 2.91. The summed E-state index contributed by atoms with van der Waals surface area (Å²) in [4.78, 5) is 27.3. The monoisotopic (exact) mass is 413 g/mol. The molecule has 8 nitrogen and oxygen atoms in total.